The molecule has 0 amide bonds. The van der Waals surface area contributed by atoms with Crippen molar-refractivity contribution in [1.82, 2.24) is 14.9 Å². The van der Waals surface area contributed by atoms with Crippen molar-refractivity contribution in [2.24, 2.45) is 0 Å². The smallest absolute Gasteiger partial charge is 0.105 e. The molecule has 4 heteroatoms. The van der Waals surface area contributed by atoms with Gasteiger partial charge in [-0.3, -0.25) is 0 Å². The minimum Gasteiger partial charge on any atom is -0.379 e. The van der Waals surface area contributed by atoms with Gasteiger partial charge in [-0.25, -0.2) is 4.98 Å². The van der Waals surface area contributed by atoms with Crippen LogP contribution in [0.25, 0.3) is 0 Å². The summed E-state index contributed by atoms with van der Waals surface area (Å²) in [6, 6.07) is 0.453. The predicted molar refractivity (Wildman–Crippen MR) is 70.1 cm³/mol. The summed E-state index contributed by atoms with van der Waals surface area (Å²) in [5.41, 5.74) is -0.0582. The topological polar surface area (TPSA) is 39.1 Å². The van der Waals surface area contributed by atoms with Crippen molar-refractivity contribution < 1.29 is 4.74 Å². The van der Waals surface area contributed by atoms with Crippen LogP contribution in [0.5, 0.6) is 0 Å². The highest BCUT2D eigenvalue weighted by Gasteiger charge is 2.19. The van der Waals surface area contributed by atoms with E-state index in [4.69, 9.17) is 4.74 Å². The number of hydrogen-bond acceptors (Lipinski definition) is 3. The third kappa shape index (κ3) is 4.88. The Morgan fingerprint density at radius 2 is 2.24 bits per heavy atom. The molecule has 98 valence electrons. The Bertz CT molecular complexity index is 333. The summed E-state index contributed by atoms with van der Waals surface area (Å²) in [6.45, 7) is 10.4. The van der Waals surface area contributed by atoms with Gasteiger partial charge < -0.3 is 14.6 Å². The number of aromatic nitrogens is 2. The van der Waals surface area contributed by atoms with Gasteiger partial charge in [-0.2, -0.15) is 0 Å². The highest BCUT2D eigenvalue weighted by atomic mass is 16.5. The number of imidazole rings is 1. The molecule has 0 aliphatic carbocycles. The molecule has 1 atom stereocenters. The quantitative estimate of drug-likeness (QED) is 0.791. The number of ether oxygens (including phenoxy) is 1. The molecule has 0 aromatic carbocycles. The largest absolute Gasteiger partial charge is 0.379 e. The molecule has 0 bridgehead atoms. The van der Waals surface area contributed by atoms with Gasteiger partial charge in [0.15, 0.2) is 0 Å². The van der Waals surface area contributed by atoms with E-state index >= 15 is 0 Å². The molecule has 0 unspecified atom stereocenters. The molecule has 1 heterocycles. The minimum absolute atomic E-state index is 0.0582. The molecule has 0 radical (unpaired) electrons. The number of methoxy groups -OCH3 is 1. The summed E-state index contributed by atoms with van der Waals surface area (Å²) >= 11 is 0. The maximum Gasteiger partial charge on any atom is 0.105 e. The van der Waals surface area contributed by atoms with Crippen molar-refractivity contribution in [2.75, 3.05) is 13.7 Å². The Morgan fingerprint density at radius 3 is 2.76 bits per heavy atom. The first-order valence-corrected chi connectivity index (χ1v) is 6.21. The molecule has 0 fully saturated rings. The fourth-order valence-electron chi connectivity index (χ4n) is 1.96. The zero-order valence-electron chi connectivity index (χ0n) is 11.7. The fraction of sp³-hybridized carbons (Fsp3) is 0.769. The van der Waals surface area contributed by atoms with E-state index in [0.717, 1.165) is 25.3 Å². The summed E-state index contributed by atoms with van der Waals surface area (Å²) in [5, 5.41) is 3.51. The highest BCUT2D eigenvalue weighted by molar-refractivity contribution is 4.88. The van der Waals surface area contributed by atoms with Crippen LogP contribution in [-0.2, 0) is 11.3 Å². The van der Waals surface area contributed by atoms with Crippen LogP contribution in [-0.4, -0.2) is 34.8 Å². The van der Waals surface area contributed by atoms with E-state index in [-0.39, 0.29) is 5.60 Å². The molecule has 0 spiro atoms. The summed E-state index contributed by atoms with van der Waals surface area (Å²) in [5.74, 6) is 1.07. The molecular formula is C13H25N3O. The first kappa shape index (κ1) is 14.2. The number of hydrogen-bond donors (Lipinski definition) is 1. The van der Waals surface area contributed by atoms with Crippen LogP contribution in [0.2, 0.25) is 0 Å². The molecule has 1 N–H and O–H groups in total. The standard InChI is InChI=1S/C13H25N3O/c1-11(10-13(3,4)17-5)14-6-8-16-9-7-15-12(16)2/h7,9,11,14H,6,8,10H2,1-5H3/t11-/m0/s1. The Hall–Kier alpha value is -0.870. The van der Waals surface area contributed by atoms with Crippen LogP contribution >= 0.6 is 0 Å². The molecule has 4 nitrogen and oxygen atoms in total. The number of nitrogens with one attached hydrogen (secondary N) is 1. The Balaban J connectivity index is 2.25. The maximum absolute atomic E-state index is 5.42. The van der Waals surface area contributed by atoms with Crippen LogP contribution in [0.3, 0.4) is 0 Å². The molecule has 1 rings (SSSR count). The third-order valence-electron chi connectivity index (χ3n) is 3.12. The summed E-state index contributed by atoms with van der Waals surface area (Å²) in [6.07, 6.45) is 4.86. The van der Waals surface area contributed by atoms with Crippen molar-refractivity contribution in [3.63, 3.8) is 0 Å². The second-order valence-electron chi connectivity index (χ2n) is 5.19. The van der Waals surface area contributed by atoms with Gasteiger partial charge >= 0.3 is 0 Å². The van der Waals surface area contributed by atoms with Crippen molar-refractivity contribution in [3.05, 3.63) is 18.2 Å². The van der Waals surface area contributed by atoms with Gasteiger partial charge in [0.25, 0.3) is 0 Å². The number of nitrogens with zero attached hydrogens (tertiary/aromatic N) is 2. The molecule has 0 aliphatic rings. The van der Waals surface area contributed by atoms with Crippen molar-refractivity contribution >= 4 is 0 Å². The van der Waals surface area contributed by atoms with Crippen molar-refractivity contribution in [1.29, 1.82) is 0 Å². The van der Waals surface area contributed by atoms with Crippen LogP contribution in [0.15, 0.2) is 12.4 Å². The number of aryl methyl sites for hydroxylation is 1. The van der Waals surface area contributed by atoms with Gasteiger partial charge in [0.1, 0.15) is 5.82 Å². The van der Waals surface area contributed by atoms with Gasteiger partial charge in [-0.05, 0) is 34.1 Å². The monoisotopic (exact) mass is 239 g/mol. The SMILES string of the molecule is COC(C)(C)C[C@H](C)NCCn1ccnc1C. The van der Waals surface area contributed by atoms with Gasteiger partial charge in [-0.1, -0.05) is 0 Å². The average Bonchev–Trinajstić information content (AvgIpc) is 2.64. The van der Waals surface area contributed by atoms with E-state index < -0.39 is 0 Å². The average molecular weight is 239 g/mol. The Labute approximate surface area is 104 Å². The van der Waals surface area contributed by atoms with Gasteiger partial charge in [-0.15, -0.1) is 0 Å². The molecule has 1 aromatic heterocycles. The van der Waals surface area contributed by atoms with Crippen LogP contribution in [0.4, 0.5) is 0 Å². The summed E-state index contributed by atoms with van der Waals surface area (Å²) in [4.78, 5) is 4.20. The minimum atomic E-state index is -0.0582. The van der Waals surface area contributed by atoms with Crippen LogP contribution in [0.1, 0.15) is 33.0 Å². The second kappa shape index (κ2) is 6.17. The second-order valence-corrected chi connectivity index (χ2v) is 5.19. The fourth-order valence-corrected chi connectivity index (χ4v) is 1.96. The highest BCUT2D eigenvalue weighted by Crippen LogP contribution is 2.15. The first-order chi connectivity index (χ1) is 7.94. The van der Waals surface area contributed by atoms with E-state index in [1.165, 1.54) is 0 Å². The Morgan fingerprint density at radius 1 is 1.53 bits per heavy atom. The lowest BCUT2D eigenvalue weighted by molar-refractivity contribution is 0.00856. The molecule has 1 aromatic rings. The van der Waals surface area contributed by atoms with E-state index in [1.807, 2.05) is 19.3 Å². The summed E-state index contributed by atoms with van der Waals surface area (Å²) in [7, 11) is 1.77. The lowest BCUT2D eigenvalue weighted by Crippen LogP contribution is -2.37. The summed E-state index contributed by atoms with van der Waals surface area (Å²) < 4.78 is 7.58. The first-order valence-electron chi connectivity index (χ1n) is 6.21. The van der Waals surface area contributed by atoms with E-state index in [0.29, 0.717) is 6.04 Å². The molecule has 17 heavy (non-hydrogen) atoms. The lowest BCUT2D eigenvalue weighted by Gasteiger charge is -2.27. The zero-order valence-corrected chi connectivity index (χ0v) is 11.7. The molecule has 0 saturated carbocycles. The Kier molecular flexibility index (Phi) is 5.15. The van der Waals surface area contributed by atoms with Gasteiger partial charge in [0.2, 0.25) is 0 Å². The zero-order chi connectivity index (χ0) is 12.9. The lowest BCUT2D eigenvalue weighted by atomic mass is 10.00. The van der Waals surface area contributed by atoms with E-state index in [2.05, 4.69) is 35.6 Å². The molecule has 0 aliphatic heterocycles. The molecular weight excluding hydrogens is 214 g/mol. The van der Waals surface area contributed by atoms with Crippen molar-refractivity contribution in [3.8, 4) is 0 Å². The maximum atomic E-state index is 5.42. The van der Waals surface area contributed by atoms with Crippen molar-refractivity contribution in [2.45, 2.75) is 52.3 Å². The van der Waals surface area contributed by atoms with E-state index in [1.54, 1.807) is 7.11 Å². The van der Waals surface area contributed by atoms with Crippen LogP contribution < -0.4 is 5.32 Å². The normalized spacial score (nSPS) is 13.9. The predicted octanol–water partition coefficient (Wildman–Crippen LogP) is 1.98. The van der Waals surface area contributed by atoms with Crippen LogP contribution in [0, 0.1) is 6.92 Å². The number of rotatable bonds is 7. The van der Waals surface area contributed by atoms with Gasteiger partial charge in [0.05, 0.1) is 5.60 Å². The molecule has 0 saturated heterocycles. The van der Waals surface area contributed by atoms with Gasteiger partial charge in [0, 0.05) is 38.6 Å². The van der Waals surface area contributed by atoms with E-state index in [9.17, 15) is 0 Å². The third-order valence-corrected chi connectivity index (χ3v) is 3.12.